The van der Waals surface area contributed by atoms with Gasteiger partial charge in [-0.15, -0.1) is 0 Å². The number of rotatable bonds is 7. The van der Waals surface area contributed by atoms with Crippen LogP contribution >= 0.6 is 0 Å². The van der Waals surface area contributed by atoms with Crippen molar-refractivity contribution in [3.8, 4) is 0 Å². The zero-order chi connectivity index (χ0) is 12.7. The molecule has 0 aromatic heterocycles. The van der Waals surface area contributed by atoms with Gasteiger partial charge >= 0.3 is 0 Å². The number of nitrogens with zero attached hydrogens (tertiary/aromatic N) is 2. The smallest absolute Gasteiger partial charge is 0.140 e. The highest BCUT2D eigenvalue weighted by Crippen LogP contribution is 2.21. The average Bonchev–Trinajstić information content (AvgIpc) is 2.82. The summed E-state index contributed by atoms with van der Waals surface area (Å²) in [5.74, 6) is 0.286. The lowest BCUT2D eigenvalue weighted by Gasteiger charge is -2.24. The van der Waals surface area contributed by atoms with Crippen LogP contribution in [0, 0.1) is 0 Å². The van der Waals surface area contributed by atoms with Crippen LogP contribution in [-0.2, 0) is 0 Å². The molecular formula is C12H26N4O. The maximum absolute atomic E-state index is 8.47. The van der Waals surface area contributed by atoms with Crippen molar-refractivity contribution >= 4 is 5.84 Å². The molecule has 17 heavy (non-hydrogen) atoms. The molecule has 5 heteroatoms. The van der Waals surface area contributed by atoms with Crippen LogP contribution in [0.5, 0.6) is 0 Å². The van der Waals surface area contributed by atoms with Gasteiger partial charge in [0.2, 0.25) is 0 Å². The van der Waals surface area contributed by atoms with Crippen molar-refractivity contribution in [3.63, 3.8) is 0 Å². The maximum Gasteiger partial charge on any atom is 0.140 e. The van der Waals surface area contributed by atoms with Crippen LogP contribution < -0.4 is 11.1 Å². The third-order valence-electron chi connectivity index (χ3n) is 3.55. The van der Waals surface area contributed by atoms with Gasteiger partial charge in [0, 0.05) is 31.6 Å². The van der Waals surface area contributed by atoms with E-state index >= 15 is 0 Å². The molecule has 1 aliphatic rings. The molecule has 1 aliphatic carbocycles. The Kier molecular flexibility index (Phi) is 6.29. The van der Waals surface area contributed by atoms with E-state index < -0.39 is 0 Å². The molecule has 0 amide bonds. The summed E-state index contributed by atoms with van der Waals surface area (Å²) in [5.41, 5.74) is 5.45. The van der Waals surface area contributed by atoms with E-state index in [4.69, 9.17) is 10.9 Å². The van der Waals surface area contributed by atoms with Crippen LogP contribution in [0.1, 0.15) is 39.0 Å². The molecule has 1 saturated carbocycles. The van der Waals surface area contributed by atoms with E-state index in [2.05, 4.69) is 22.4 Å². The summed E-state index contributed by atoms with van der Waals surface area (Å²) in [7, 11) is 2.20. The average molecular weight is 242 g/mol. The fourth-order valence-electron chi connectivity index (χ4n) is 2.44. The van der Waals surface area contributed by atoms with E-state index in [1.807, 2.05) is 6.92 Å². The molecule has 0 saturated heterocycles. The van der Waals surface area contributed by atoms with E-state index in [1.165, 1.54) is 25.7 Å². The van der Waals surface area contributed by atoms with Crippen molar-refractivity contribution in [3.05, 3.63) is 0 Å². The zero-order valence-corrected chi connectivity index (χ0v) is 11.0. The van der Waals surface area contributed by atoms with Gasteiger partial charge in [-0.3, -0.25) is 0 Å². The second-order valence-electron chi connectivity index (χ2n) is 5.07. The number of nitrogens with one attached hydrogen (secondary N) is 1. The minimum Gasteiger partial charge on any atom is -0.409 e. The lowest BCUT2D eigenvalue weighted by atomic mass is 10.2. The highest BCUT2D eigenvalue weighted by molar-refractivity contribution is 5.80. The second-order valence-corrected chi connectivity index (χ2v) is 5.07. The van der Waals surface area contributed by atoms with Crippen molar-refractivity contribution in [2.45, 2.75) is 51.1 Å². The Morgan fingerprint density at radius 2 is 2.18 bits per heavy atom. The Hall–Kier alpha value is -0.810. The summed E-state index contributed by atoms with van der Waals surface area (Å²) in [6.07, 6.45) is 6.03. The normalized spacial score (nSPS) is 20.1. The lowest BCUT2D eigenvalue weighted by Crippen LogP contribution is -2.39. The molecule has 1 fully saturated rings. The fraction of sp³-hybridized carbons (Fsp3) is 0.917. The van der Waals surface area contributed by atoms with E-state index in [1.54, 1.807) is 0 Å². The zero-order valence-electron chi connectivity index (χ0n) is 11.0. The highest BCUT2D eigenvalue weighted by atomic mass is 16.4. The Morgan fingerprint density at radius 3 is 2.76 bits per heavy atom. The Morgan fingerprint density at radius 1 is 1.53 bits per heavy atom. The summed E-state index contributed by atoms with van der Waals surface area (Å²) in [6.45, 7) is 4.06. The molecule has 0 aromatic carbocycles. The summed E-state index contributed by atoms with van der Waals surface area (Å²) in [4.78, 5) is 2.44. The SMILES string of the molecule is CC(CC(N)=NO)NCCN(C)C1CCCC1. The molecule has 0 spiro atoms. The summed E-state index contributed by atoms with van der Waals surface area (Å²) in [6, 6.07) is 1.03. The Balaban J connectivity index is 2.09. The van der Waals surface area contributed by atoms with Crippen LogP contribution in [0.25, 0.3) is 0 Å². The Labute approximate surface area is 104 Å². The molecule has 1 rings (SSSR count). The topological polar surface area (TPSA) is 73.9 Å². The second kappa shape index (κ2) is 7.50. The monoisotopic (exact) mass is 242 g/mol. The van der Waals surface area contributed by atoms with Gasteiger partial charge in [0.1, 0.15) is 5.84 Å². The number of nitrogens with two attached hydrogens (primary N) is 1. The molecular weight excluding hydrogens is 216 g/mol. The molecule has 4 N–H and O–H groups in total. The van der Waals surface area contributed by atoms with Gasteiger partial charge in [-0.2, -0.15) is 0 Å². The molecule has 1 atom stereocenters. The van der Waals surface area contributed by atoms with Crippen LogP contribution in [-0.4, -0.2) is 48.2 Å². The van der Waals surface area contributed by atoms with Crippen molar-refractivity contribution < 1.29 is 5.21 Å². The first kappa shape index (κ1) is 14.3. The Bertz CT molecular complexity index is 239. The molecule has 0 heterocycles. The molecule has 0 radical (unpaired) electrons. The lowest BCUT2D eigenvalue weighted by molar-refractivity contribution is 0.243. The van der Waals surface area contributed by atoms with Crippen LogP contribution in [0.2, 0.25) is 0 Å². The van der Waals surface area contributed by atoms with Crippen LogP contribution in [0.3, 0.4) is 0 Å². The molecule has 1 unspecified atom stereocenters. The predicted molar refractivity (Wildman–Crippen MR) is 70.4 cm³/mol. The highest BCUT2D eigenvalue weighted by Gasteiger charge is 2.18. The van der Waals surface area contributed by atoms with E-state index in [-0.39, 0.29) is 11.9 Å². The fourth-order valence-corrected chi connectivity index (χ4v) is 2.44. The number of oxime groups is 1. The van der Waals surface area contributed by atoms with Gasteiger partial charge in [-0.1, -0.05) is 18.0 Å². The number of likely N-dealkylation sites (N-methyl/N-ethyl adjacent to an activating group) is 1. The van der Waals surface area contributed by atoms with E-state index in [0.29, 0.717) is 6.42 Å². The molecule has 100 valence electrons. The predicted octanol–water partition coefficient (Wildman–Crippen LogP) is 0.975. The number of amidine groups is 1. The van der Waals surface area contributed by atoms with Gasteiger partial charge in [-0.05, 0) is 26.8 Å². The molecule has 5 nitrogen and oxygen atoms in total. The first-order valence-corrected chi connectivity index (χ1v) is 6.53. The number of hydrogen-bond acceptors (Lipinski definition) is 4. The maximum atomic E-state index is 8.47. The van der Waals surface area contributed by atoms with Crippen molar-refractivity contribution in [2.75, 3.05) is 20.1 Å². The molecule has 0 aliphatic heterocycles. The summed E-state index contributed by atoms with van der Waals surface area (Å²) >= 11 is 0. The molecule has 0 aromatic rings. The minimum absolute atomic E-state index is 0.253. The number of hydrogen-bond donors (Lipinski definition) is 3. The van der Waals surface area contributed by atoms with Gasteiger partial charge < -0.3 is 21.2 Å². The first-order chi connectivity index (χ1) is 8.13. The molecule has 0 bridgehead atoms. The van der Waals surface area contributed by atoms with Gasteiger partial charge in [0.05, 0.1) is 0 Å². The van der Waals surface area contributed by atoms with Gasteiger partial charge in [0.25, 0.3) is 0 Å². The summed E-state index contributed by atoms with van der Waals surface area (Å²) in [5, 5.41) is 14.8. The van der Waals surface area contributed by atoms with Crippen molar-refractivity contribution in [1.82, 2.24) is 10.2 Å². The largest absolute Gasteiger partial charge is 0.409 e. The van der Waals surface area contributed by atoms with Crippen LogP contribution in [0.15, 0.2) is 5.16 Å². The van der Waals surface area contributed by atoms with E-state index in [9.17, 15) is 0 Å². The summed E-state index contributed by atoms with van der Waals surface area (Å²) < 4.78 is 0. The minimum atomic E-state index is 0.253. The van der Waals surface area contributed by atoms with Gasteiger partial charge in [0.15, 0.2) is 0 Å². The third kappa shape index (κ3) is 5.37. The van der Waals surface area contributed by atoms with Crippen LogP contribution in [0.4, 0.5) is 0 Å². The van der Waals surface area contributed by atoms with Crippen molar-refractivity contribution in [1.29, 1.82) is 0 Å². The van der Waals surface area contributed by atoms with Gasteiger partial charge in [-0.25, -0.2) is 0 Å². The third-order valence-corrected chi connectivity index (χ3v) is 3.55. The van der Waals surface area contributed by atoms with Crippen molar-refractivity contribution in [2.24, 2.45) is 10.9 Å². The first-order valence-electron chi connectivity index (χ1n) is 6.53. The standard InChI is InChI=1S/C12H26N4O/c1-10(9-12(13)15-17)14-7-8-16(2)11-5-3-4-6-11/h10-11,14,17H,3-9H2,1-2H3,(H2,13,15). The quantitative estimate of drug-likeness (QED) is 0.269. The van der Waals surface area contributed by atoms with E-state index in [0.717, 1.165) is 19.1 Å².